The zero-order valence-corrected chi connectivity index (χ0v) is 14.3. The van der Waals surface area contributed by atoms with Crippen LogP contribution in [-0.2, 0) is 10.0 Å². The van der Waals surface area contributed by atoms with Crippen molar-refractivity contribution in [2.24, 2.45) is 5.10 Å². The zero-order chi connectivity index (χ0) is 17.2. The Morgan fingerprint density at radius 1 is 1.04 bits per heavy atom. The van der Waals surface area contributed by atoms with Crippen molar-refractivity contribution in [1.29, 1.82) is 0 Å². The van der Waals surface area contributed by atoms with E-state index in [1.54, 1.807) is 43.3 Å². The lowest BCUT2D eigenvalue weighted by atomic mass is 10.1. The van der Waals surface area contributed by atoms with Gasteiger partial charge in [-0.25, -0.2) is 0 Å². The Balaban J connectivity index is 1.79. The summed E-state index contributed by atoms with van der Waals surface area (Å²) in [6.45, 7) is 4.64. The molecule has 0 saturated heterocycles. The van der Waals surface area contributed by atoms with Crippen LogP contribution in [0, 0.1) is 6.92 Å². The summed E-state index contributed by atoms with van der Waals surface area (Å²) in [4.78, 5) is 2.43. The zero-order valence-electron chi connectivity index (χ0n) is 13.4. The van der Waals surface area contributed by atoms with Crippen molar-refractivity contribution >= 4 is 15.7 Å². The van der Waals surface area contributed by atoms with Crippen LogP contribution >= 0.6 is 0 Å². The Morgan fingerprint density at radius 3 is 2.42 bits per heavy atom. The minimum atomic E-state index is -3.69. The van der Waals surface area contributed by atoms with Gasteiger partial charge < -0.3 is 9.47 Å². The molecule has 1 heterocycles. The molecule has 7 heteroatoms. The molecule has 126 valence electrons. The van der Waals surface area contributed by atoms with E-state index in [1.165, 1.54) is 0 Å². The topological polar surface area (TPSA) is 77.0 Å². The fourth-order valence-electron chi connectivity index (χ4n) is 2.23. The average molecular weight is 346 g/mol. The number of fused-ring (bicyclic) bond motifs is 1. The normalized spacial score (nSPS) is 14.3. The van der Waals surface area contributed by atoms with E-state index in [-0.39, 0.29) is 4.90 Å². The van der Waals surface area contributed by atoms with Gasteiger partial charge in [-0.2, -0.15) is 18.4 Å². The van der Waals surface area contributed by atoms with Gasteiger partial charge in [0.2, 0.25) is 0 Å². The maximum absolute atomic E-state index is 12.2. The predicted octanol–water partition coefficient (Wildman–Crippen LogP) is 2.47. The molecule has 2 aromatic rings. The third-order valence-electron chi connectivity index (χ3n) is 3.62. The van der Waals surface area contributed by atoms with Crippen molar-refractivity contribution in [1.82, 2.24) is 4.83 Å². The monoisotopic (exact) mass is 346 g/mol. The Bertz CT molecular complexity index is 874. The Morgan fingerprint density at radius 2 is 1.71 bits per heavy atom. The van der Waals surface area contributed by atoms with E-state index in [1.807, 2.05) is 13.0 Å². The van der Waals surface area contributed by atoms with Crippen LogP contribution in [0.2, 0.25) is 0 Å². The standard InChI is InChI=1S/C17H18N2O4S/c1-12-3-6-15(7-4-12)24(20,21)19-18-13(2)14-5-8-16-17(11-14)23-10-9-22-16/h3-8,11,19H,9-10H2,1-2H3/b18-13-. The maximum Gasteiger partial charge on any atom is 0.276 e. The van der Waals surface area contributed by atoms with Crippen LogP contribution in [0.3, 0.4) is 0 Å². The second-order valence-electron chi connectivity index (χ2n) is 5.46. The smallest absolute Gasteiger partial charge is 0.276 e. The lowest BCUT2D eigenvalue weighted by Crippen LogP contribution is -2.20. The molecule has 0 saturated carbocycles. The number of aryl methyl sites for hydroxylation is 1. The molecule has 2 aromatic carbocycles. The first kappa shape index (κ1) is 16.3. The highest BCUT2D eigenvalue weighted by atomic mass is 32.2. The summed E-state index contributed by atoms with van der Waals surface area (Å²) in [6, 6.07) is 12.0. The molecular weight excluding hydrogens is 328 g/mol. The van der Waals surface area contributed by atoms with Gasteiger partial charge in [-0.3, -0.25) is 0 Å². The third kappa shape index (κ3) is 3.51. The number of rotatable bonds is 4. The highest BCUT2D eigenvalue weighted by molar-refractivity contribution is 7.89. The van der Waals surface area contributed by atoms with Crippen LogP contribution in [0.1, 0.15) is 18.1 Å². The van der Waals surface area contributed by atoms with Crippen molar-refractivity contribution in [2.75, 3.05) is 13.2 Å². The van der Waals surface area contributed by atoms with Gasteiger partial charge in [0.15, 0.2) is 11.5 Å². The number of hydrazone groups is 1. The molecule has 0 amide bonds. The van der Waals surface area contributed by atoms with Gasteiger partial charge in [0, 0.05) is 5.56 Å². The molecule has 0 atom stereocenters. The number of hydrogen-bond donors (Lipinski definition) is 1. The van der Waals surface area contributed by atoms with Crippen molar-refractivity contribution in [3.63, 3.8) is 0 Å². The van der Waals surface area contributed by atoms with E-state index in [9.17, 15) is 8.42 Å². The molecule has 1 aliphatic rings. The first-order valence-corrected chi connectivity index (χ1v) is 8.97. The molecule has 0 radical (unpaired) electrons. The molecule has 0 bridgehead atoms. The number of nitrogens with zero attached hydrogens (tertiary/aromatic N) is 1. The molecule has 3 rings (SSSR count). The predicted molar refractivity (Wildman–Crippen MR) is 91.1 cm³/mol. The molecule has 6 nitrogen and oxygen atoms in total. The minimum Gasteiger partial charge on any atom is -0.486 e. The van der Waals surface area contributed by atoms with Crippen LogP contribution < -0.4 is 14.3 Å². The molecule has 0 fully saturated rings. The van der Waals surface area contributed by atoms with Crippen molar-refractivity contribution in [3.8, 4) is 11.5 Å². The maximum atomic E-state index is 12.2. The largest absolute Gasteiger partial charge is 0.486 e. The molecule has 0 aromatic heterocycles. The molecular formula is C17H18N2O4S. The van der Waals surface area contributed by atoms with Crippen LogP contribution in [0.15, 0.2) is 52.5 Å². The first-order chi connectivity index (χ1) is 11.5. The average Bonchev–Trinajstić information content (AvgIpc) is 2.59. The highest BCUT2D eigenvalue weighted by Crippen LogP contribution is 2.30. The lowest BCUT2D eigenvalue weighted by molar-refractivity contribution is 0.171. The number of nitrogens with one attached hydrogen (secondary N) is 1. The van der Waals surface area contributed by atoms with Gasteiger partial charge in [-0.1, -0.05) is 17.7 Å². The number of benzene rings is 2. The molecule has 0 unspecified atom stereocenters. The third-order valence-corrected chi connectivity index (χ3v) is 4.85. The minimum absolute atomic E-state index is 0.173. The Labute approximate surface area is 141 Å². The molecule has 0 spiro atoms. The molecule has 24 heavy (non-hydrogen) atoms. The second kappa shape index (κ2) is 6.52. The first-order valence-electron chi connectivity index (χ1n) is 7.48. The molecule has 0 aliphatic carbocycles. The summed E-state index contributed by atoms with van der Waals surface area (Å²) in [7, 11) is -3.69. The SMILES string of the molecule is C/C(=N/NS(=O)(=O)c1ccc(C)cc1)c1ccc2c(c1)OCCO2. The van der Waals surface area contributed by atoms with E-state index in [0.29, 0.717) is 30.4 Å². The van der Waals surface area contributed by atoms with E-state index in [2.05, 4.69) is 9.93 Å². The van der Waals surface area contributed by atoms with E-state index in [4.69, 9.17) is 9.47 Å². The van der Waals surface area contributed by atoms with E-state index in [0.717, 1.165) is 11.1 Å². The van der Waals surface area contributed by atoms with Gasteiger partial charge >= 0.3 is 0 Å². The van der Waals surface area contributed by atoms with E-state index >= 15 is 0 Å². The van der Waals surface area contributed by atoms with Crippen LogP contribution in [-0.4, -0.2) is 27.3 Å². The van der Waals surface area contributed by atoms with Crippen molar-refractivity contribution < 1.29 is 17.9 Å². The molecule has 1 aliphatic heterocycles. The van der Waals surface area contributed by atoms with Gasteiger partial charge in [-0.15, -0.1) is 0 Å². The van der Waals surface area contributed by atoms with Gasteiger partial charge in [0.05, 0.1) is 10.6 Å². The number of sulfonamides is 1. The highest BCUT2D eigenvalue weighted by Gasteiger charge is 2.15. The quantitative estimate of drug-likeness (QED) is 0.681. The number of hydrogen-bond acceptors (Lipinski definition) is 5. The molecule has 1 N–H and O–H groups in total. The summed E-state index contributed by atoms with van der Waals surface area (Å²) in [6.07, 6.45) is 0. The van der Waals surface area contributed by atoms with Crippen LogP contribution in [0.5, 0.6) is 11.5 Å². The summed E-state index contributed by atoms with van der Waals surface area (Å²) in [5, 5.41) is 4.00. The fraction of sp³-hybridized carbons (Fsp3) is 0.235. The van der Waals surface area contributed by atoms with Gasteiger partial charge in [0.25, 0.3) is 10.0 Å². The summed E-state index contributed by atoms with van der Waals surface area (Å²) in [5.74, 6) is 1.31. The second-order valence-corrected chi connectivity index (χ2v) is 7.12. The summed E-state index contributed by atoms with van der Waals surface area (Å²) < 4.78 is 35.5. The van der Waals surface area contributed by atoms with Gasteiger partial charge in [-0.05, 0) is 44.2 Å². The fourth-order valence-corrected chi connectivity index (χ4v) is 3.09. The van der Waals surface area contributed by atoms with Crippen molar-refractivity contribution in [2.45, 2.75) is 18.7 Å². The Kier molecular flexibility index (Phi) is 4.44. The summed E-state index contributed by atoms with van der Waals surface area (Å²) in [5.41, 5.74) is 2.28. The van der Waals surface area contributed by atoms with Crippen molar-refractivity contribution in [3.05, 3.63) is 53.6 Å². The van der Waals surface area contributed by atoms with Crippen LogP contribution in [0.4, 0.5) is 0 Å². The van der Waals surface area contributed by atoms with E-state index < -0.39 is 10.0 Å². The Hall–Kier alpha value is -2.54. The lowest BCUT2D eigenvalue weighted by Gasteiger charge is -2.18. The van der Waals surface area contributed by atoms with Crippen LogP contribution in [0.25, 0.3) is 0 Å². The number of ether oxygens (including phenoxy) is 2. The van der Waals surface area contributed by atoms with Gasteiger partial charge in [0.1, 0.15) is 13.2 Å². The summed E-state index contributed by atoms with van der Waals surface area (Å²) >= 11 is 0.